The zero-order valence-electron chi connectivity index (χ0n) is 16.9. The molecule has 1 aromatic heterocycles. The van der Waals surface area contributed by atoms with E-state index >= 15 is 0 Å². The number of fused-ring (bicyclic) bond motifs is 1. The van der Waals surface area contributed by atoms with Crippen LogP contribution < -0.4 is 9.64 Å². The molecule has 1 saturated carbocycles. The van der Waals surface area contributed by atoms with Gasteiger partial charge in [0.15, 0.2) is 28.7 Å². The van der Waals surface area contributed by atoms with Crippen molar-refractivity contribution in [3.8, 4) is 17.1 Å². The number of ether oxygens (including phenoxy) is 1. The Bertz CT molecular complexity index is 919. The summed E-state index contributed by atoms with van der Waals surface area (Å²) in [4.78, 5) is 24.5. The average Bonchev–Trinajstić information content (AvgIpc) is 3.07. The van der Waals surface area contributed by atoms with Crippen LogP contribution in [-0.4, -0.2) is 73.6 Å². The minimum absolute atomic E-state index is 0.00845. The lowest BCUT2D eigenvalue weighted by molar-refractivity contribution is -0.122. The van der Waals surface area contributed by atoms with Crippen molar-refractivity contribution in [2.24, 2.45) is 17.8 Å². The molecular formula is C20H24FN3O6. The molecule has 0 bridgehead atoms. The number of nitrogens with zero attached hydrogens (tertiary/aromatic N) is 3. The van der Waals surface area contributed by atoms with Crippen LogP contribution in [0.25, 0.3) is 11.3 Å². The van der Waals surface area contributed by atoms with Gasteiger partial charge in [-0.2, -0.15) is 0 Å². The van der Waals surface area contributed by atoms with Crippen molar-refractivity contribution in [1.82, 2.24) is 10.1 Å². The highest BCUT2D eigenvalue weighted by Gasteiger charge is 2.56. The lowest BCUT2D eigenvalue weighted by Crippen LogP contribution is -2.28. The molecule has 0 amide bonds. The van der Waals surface area contributed by atoms with E-state index in [0.29, 0.717) is 29.1 Å². The molecule has 2 aliphatic rings. The number of aromatic carboxylic acids is 1. The minimum Gasteiger partial charge on any atom is -0.494 e. The van der Waals surface area contributed by atoms with Gasteiger partial charge >= 0.3 is 5.97 Å². The first kappa shape index (κ1) is 21.6. The number of piperidine rings is 1. The number of methoxy groups -OCH3 is 1. The fourth-order valence-electron chi connectivity index (χ4n) is 4.20. The van der Waals surface area contributed by atoms with Gasteiger partial charge in [0.1, 0.15) is 0 Å². The predicted octanol–water partition coefficient (Wildman–Crippen LogP) is 2.13. The molecular weight excluding hydrogens is 397 g/mol. The quantitative estimate of drug-likeness (QED) is 0.677. The van der Waals surface area contributed by atoms with E-state index in [4.69, 9.17) is 19.2 Å². The molecule has 3 atom stereocenters. The minimum atomic E-state index is -1.12. The Balaban J connectivity index is 0.000000806. The van der Waals surface area contributed by atoms with Crippen LogP contribution >= 0.6 is 0 Å². The van der Waals surface area contributed by atoms with Gasteiger partial charge in [0.25, 0.3) is 6.47 Å². The first-order valence-corrected chi connectivity index (χ1v) is 9.36. The summed E-state index contributed by atoms with van der Waals surface area (Å²) in [5, 5.41) is 20.7. The van der Waals surface area contributed by atoms with Crippen LogP contribution in [0.15, 0.2) is 22.7 Å². The second-order valence-corrected chi connectivity index (χ2v) is 7.63. The highest BCUT2D eigenvalue weighted by Crippen LogP contribution is 2.53. The third-order valence-corrected chi connectivity index (χ3v) is 5.55. The number of rotatable bonds is 6. The van der Waals surface area contributed by atoms with E-state index < -0.39 is 11.8 Å². The monoisotopic (exact) mass is 421 g/mol. The van der Waals surface area contributed by atoms with E-state index in [1.807, 2.05) is 4.90 Å². The summed E-state index contributed by atoms with van der Waals surface area (Å²) in [5.74, 6) is 0.644. The average molecular weight is 421 g/mol. The number of hydrogen-bond donors (Lipinski definition) is 2. The van der Waals surface area contributed by atoms with Crippen LogP contribution in [-0.2, 0) is 4.79 Å². The maximum atomic E-state index is 13.7. The zero-order valence-corrected chi connectivity index (χ0v) is 16.9. The van der Waals surface area contributed by atoms with E-state index in [-0.39, 0.29) is 23.5 Å². The molecule has 0 radical (unpaired) electrons. The molecule has 2 aromatic rings. The first-order valence-electron chi connectivity index (χ1n) is 9.36. The lowest BCUT2D eigenvalue weighted by Gasteiger charge is -2.20. The molecule has 4 rings (SSSR count). The smallest absolute Gasteiger partial charge is 0.343 e. The summed E-state index contributed by atoms with van der Waals surface area (Å²) in [6.07, 6.45) is 0. The number of carboxylic acids is 1. The Morgan fingerprint density at radius 3 is 2.57 bits per heavy atom. The van der Waals surface area contributed by atoms with Crippen LogP contribution in [0, 0.1) is 23.6 Å². The fourth-order valence-corrected chi connectivity index (χ4v) is 4.20. The van der Waals surface area contributed by atoms with Crippen molar-refractivity contribution in [2.75, 3.05) is 45.7 Å². The maximum Gasteiger partial charge on any atom is 0.343 e. The summed E-state index contributed by atoms with van der Waals surface area (Å²) in [6, 6.07) is 4.10. The molecule has 2 fully saturated rings. The summed E-state index contributed by atoms with van der Waals surface area (Å²) in [5.41, 5.74) is 0.424. The first-order chi connectivity index (χ1) is 14.3. The Hall–Kier alpha value is -3.14. The molecule has 2 heterocycles. The molecule has 1 unspecified atom stereocenters. The number of hydrogen-bond acceptors (Lipinski definition) is 7. The van der Waals surface area contributed by atoms with Gasteiger partial charge < -0.3 is 29.3 Å². The Morgan fingerprint density at radius 2 is 2.03 bits per heavy atom. The van der Waals surface area contributed by atoms with E-state index in [1.165, 1.54) is 25.3 Å². The van der Waals surface area contributed by atoms with Crippen LogP contribution in [0.3, 0.4) is 0 Å². The summed E-state index contributed by atoms with van der Waals surface area (Å²) >= 11 is 0. The van der Waals surface area contributed by atoms with Gasteiger partial charge in [-0.1, -0.05) is 5.16 Å². The fraction of sp³-hybridized carbons (Fsp3) is 0.450. The van der Waals surface area contributed by atoms with E-state index in [1.54, 1.807) is 0 Å². The van der Waals surface area contributed by atoms with Gasteiger partial charge in [-0.3, -0.25) is 4.79 Å². The highest BCUT2D eigenvalue weighted by atomic mass is 19.1. The van der Waals surface area contributed by atoms with Crippen LogP contribution in [0.2, 0.25) is 0 Å². The normalized spacial score (nSPS) is 21.6. The Kier molecular flexibility index (Phi) is 6.25. The SMILES string of the molecule is COc1cc(-c2onc(N3C[C@@H]4C(CN(C)C)[C@@H]4C3)c2C(=O)O)ccc1F.O=CO. The molecule has 10 heteroatoms. The van der Waals surface area contributed by atoms with Gasteiger partial charge in [0.2, 0.25) is 0 Å². The summed E-state index contributed by atoms with van der Waals surface area (Å²) < 4.78 is 24.0. The maximum absolute atomic E-state index is 13.7. The van der Waals surface area contributed by atoms with Crippen molar-refractivity contribution in [1.29, 1.82) is 0 Å². The molecule has 1 aromatic carbocycles. The molecule has 0 spiro atoms. The standard InChI is InChI=1S/C19H22FN3O4.CH2O2/c1-22(2)7-11-12-8-23(9-13(11)12)18-16(19(24)25)17(27-21-18)10-4-5-14(20)15(6-10)26-3;2-1-3/h4-6,11-13H,7-9H2,1-3H3,(H,24,25);1H,(H,2,3)/t11?,12-,13+;. The number of halogens is 1. The number of aromatic nitrogens is 1. The third kappa shape index (κ3) is 4.09. The second kappa shape index (κ2) is 8.70. The Morgan fingerprint density at radius 1 is 1.40 bits per heavy atom. The van der Waals surface area contributed by atoms with Crippen LogP contribution in [0.4, 0.5) is 10.2 Å². The largest absolute Gasteiger partial charge is 0.494 e. The molecule has 9 nitrogen and oxygen atoms in total. The van der Waals surface area contributed by atoms with Gasteiger partial charge in [0, 0.05) is 25.2 Å². The second-order valence-electron chi connectivity index (χ2n) is 7.63. The predicted molar refractivity (Wildman–Crippen MR) is 105 cm³/mol. The van der Waals surface area contributed by atoms with Gasteiger partial charge in [-0.25, -0.2) is 9.18 Å². The molecule has 1 aliphatic heterocycles. The van der Waals surface area contributed by atoms with Crippen molar-refractivity contribution < 1.29 is 33.5 Å². The van der Waals surface area contributed by atoms with Crippen molar-refractivity contribution >= 4 is 18.3 Å². The van der Waals surface area contributed by atoms with Crippen molar-refractivity contribution in [2.45, 2.75) is 0 Å². The number of anilines is 1. The van der Waals surface area contributed by atoms with Gasteiger partial charge in [-0.05, 0) is 50.0 Å². The van der Waals surface area contributed by atoms with E-state index in [0.717, 1.165) is 19.6 Å². The lowest BCUT2D eigenvalue weighted by atomic mass is 10.1. The highest BCUT2D eigenvalue weighted by molar-refractivity contribution is 5.99. The van der Waals surface area contributed by atoms with E-state index in [9.17, 15) is 14.3 Å². The third-order valence-electron chi connectivity index (χ3n) is 5.55. The van der Waals surface area contributed by atoms with Crippen LogP contribution in [0.1, 0.15) is 10.4 Å². The van der Waals surface area contributed by atoms with Crippen LogP contribution in [0.5, 0.6) is 5.75 Å². The number of benzene rings is 1. The molecule has 1 aliphatic carbocycles. The number of carbonyl (C=O) groups is 2. The molecule has 2 N–H and O–H groups in total. The van der Waals surface area contributed by atoms with Crippen molar-refractivity contribution in [3.63, 3.8) is 0 Å². The van der Waals surface area contributed by atoms with Gasteiger partial charge in [0.05, 0.1) is 7.11 Å². The molecule has 1 saturated heterocycles. The summed E-state index contributed by atoms with van der Waals surface area (Å²) in [6.45, 7) is 2.36. The van der Waals surface area contributed by atoms with E-state index in [2.05, 4.69) is 24.2 Å². The van der Waals surface area contributed by atoms with Gasteiger partial charge in [-0.15, -0.1) is 0 Å². The summed E-state index contributed by atoms with van der Waals surface area (Å²) in [7, 11) is 5.48. The molecule has 162 valence electrons. The topological polar surface area (TPSA) is 116 Å². The zero-order chi connectivity index (χ0) is 22.0. The van der Waals surface area contributed by atoms with Crippen molar-refractivity contribution in [3.05, 3.63) is 29.6 Å². The Labute approximate surface area is 172 Å². The number of carboxylic acid groups (broad SMARTS) is 2. The molecule has 30 heavy (non-hydrogen) atoms.